The molecule has 2 heterocycles. The van der Waals surface area contributed by atoms with Crippen molar-refractivity contribution >= 4 is 28.6 Å². The van der Waals surface area contributed by atoms with E-state index in [1.165, 1.54) is 43.4 Å². The molecule has 0 aromatic carbocycles. The average Bonchev–Trinajstić information content (AvgIpc) is 2.99. The number of carbonyl (C=O) groups excluding carboxylic acids is 1. The first-order valence-corrected chi connectivity index (χ1v) is 8.87. The summed E-state index contributed by atoms with van der Waals surface area (Å²) >= 11 is 3.01. The highest BCUT2D eigenvalue weighted by atomic mass is 32.1. The number of carbonyl (C=O) groups is 1. The quantitative estimate of drug-likeness (QED) is 0.915. The van der Waals surface area contributed by atoms with E-state index in [9.17, 15) is 4.79 Å². The van der Waals surface area contributed by atoms with Gasteiger partial charge in [-0.05, 0) is 25.7 Å². The third kappa shape index (κ3) is 2.82. The third-order valence-corrected chi connectivity index (χ3v) is 6.07. The summed E-state index contributed by atoms with van der Waals surface area (Å²) in [7, 11) is 0. The first-order chi connectivity index (χ1) is 10.3. The minimum Gasteiger partial charge on any atom is -0.343 e. The molecule has 0 aliphatic heterocycles. The van der Waals surface area contributed by atoms with E-state index in [1.54, 1.807) is 11.3 Å². The van der Waals surface area contributed by atoms with Gasteiger partial charge in [-0.1, -0.05) is 29.1 Å². The highest BCUT2D eigenvalue weighted by Crippen LogP contribution is 2.41. The lowest BCUT2D eigenvalue weighted by atomic mass is 9.86. The van der Waals surface area contributed by atoms with E-state index in [1.807, 2.05) is 0 Å². The van der Waals surface area contributed by atoms with Crippen LogP contribution in [0.3, 0.4) is 0 Å². The molecule has 2 aliphatic carbocycles. The van der Waals surface area contributed by atoms with Gasteiger partial charge in [-0.25, -0.2) is 0 Å². The molecule has 2 saturated carbocycles. The topological polar surface area (TPSA) is 80.7 Å². The van der Waals surface area contributed by atoms with Gasteiger partial charge in [0, 0.05) is 11.8 Å². The predicted molar refractivity (Wildman–Crippen MR) is 79.6 cm³/mol. The molecule has 0 unspecified atom stereocenters. The van der Waals surface area contributed by atoms with Gasteiger partial charge in [0.2, 0.25) is 5.01 Å². The molecule has 8 heteroatoms. The molecule has 0 radical (unpaired) electrons. The maximum absolute atomic E-state index is 12.0. The van der Waals surface area contributed by atoms with Crippen molar-refractivity contribution in [3.05, 3.63) is 20.0 Å². The van der Waals surface area contributed by atoms with Crippen molar-refractivity contribution in [2.24, 2.45) is 0 Å². The maximum Gasteiger partial charge on any atom is 0.282 e. The number of rotatable bonds is 5. The van der Waals surface area contributed by atoms with Crippen molar-refractivity contribution in [1.82, 2.24) is 25.7 Å². The fourth-order valence-electron chi connectivity index (χ4n) is 2.21. The molecule has 0 atom stereocenters. The molecule has 0 bridgehead atoms. The van der Waals surface area contributed by atoms with Gasteiger partial charge in [-0.15, -0.1) is 20.4 Å². The Hall–Kier alpha value is -1.41. The van der Waals surface area contributed by atoms with Crippen LogP contribution in [0.25, 0.3) is 0 Å². The van der Waals surface area contributed by atoms with E-state index in [2.05, 4.69) is 25.7 Å². The summed E-state index contributed by atoms with van der Waals surface area (Å²) in [6, 6.07) is 0. The van der Waals surface area contributed by atoms with Crippen molar-refractivity contribution in [2.45, 2.75) is 50.5 Å². The highest BCUT2D eigenvalue weighted by Gasteiger charge is 2.28. The van der Waals surface area contributed by atoms with Gasteiger partial charge in [-0.2, -0.15) is 0 Å². The summed E-state index contributed by atoms with van der Waals surface area (Å²) in [6.45, 7) is 0.418. The minimum absolute atomic E-state index is 0.167. The fourth-order valence-corrected chi connectivity index (χ4v) is 4.09. The Morgan fingerprint density at radius 2 is 1.71 bits per heavy atom. The van der Waals surface area contributed by atoms with Crippen LogP contribution in [0.15, 0.2) is 0 Å². The van der Waals surface area contributed by atoms with E-state index < -0.39 is 0 Å². The van der Waals surface area contributed by atoms with Crippen LogP contribution in [0.5, 0.6) is 0 Å². The molecule has 2 aliphatic rings. The second-order valence-electron chi connectivity index (χ2n) is 5.56. The Kier molecular flexibility index (Phi) is 3.42. The van der Waals surface area contributed by atoms with Crippen LogP contribution in [0.4, 0.5) is 0 Å². The highest BCUT2D eigenvalue weighted by molar-refractivity contribution is 7.13. The minimum atomic E-state index is -0.167. The van der Waals surface area contributed by atoms with Crippen molar-refractivity contribution in [3.8, 4) is 0 Å². The van der Waals surface area contributed by atoms with Crippen LogP contribution >= 0.6 is 22.7 Å². The Labute approximate surface area is 130 Å². The summed E-state index contributed by atoms with van der Waals surface area (Å²) in [5.74, 6) is 0.966. The van der Waals surface area contributed by atoms with Crippen LogP contribution in [0, 0.1) is 0 Å². The van der Waals surface area contributed by atoms with Gasteiger partial charge in [0.05, 0.1) is 6.54 Å². The van der Waals surface area contributed by atoms with E-state index in [-0.39, 0.29) is 5.91 Å². The number of amides is 1. The molecule has 4 rings (SSSR count). The molecule has 2 aromatic rings. The third-order valence-electron chi connectivity index (χ3n) is 3.90. The van der Waals surface area contributed by atoms with Crippen LogP contribution in [-0.4, -0.2) is 26.3 Å². The zero-order valence-corrected chi connectivity index (χ0v) is 13.0. The fraction of sp³-hybridized carbons (Fsp3) is 0.615. The molecule has 0 spiro atoms. The first-order valence-electron chi connectivity index (χ1n) is 7.23. The zero-order chi connectivity index (χ0) is 14.2. The molecule has 21 heavy (non-hydrogen) atoms. The summed E-state index contributed by atoms with van der Waals surface area (Å²) in [6.07, 6.45) is 6.07. The molecule has 110 valence electrons. The second-order valence-corrected chi connectivity index (χ2v) is 7.67. The molecule has 0 saturated heterocycles. The van der Waals surface area contributed by atoms with Crippen molar-refractivity contribution in [3.63, 3.8) is 0 Å². The van der Waals surface area contributed by atoms with Crippen LogP contribution in [0.1, 0.15) is 68.8 Å². The average molecular weight is 321 g/mol. The SMILES string of the molecule is O=C(NCc1nnc(C2CCC2)s1)c1nnc(C2CC2)s1. The number of aromatic nitrogens is 4. The van der Waals surface area contributed by atoms with E-state index in [4.69, 9.17) is 0 Å². The molecular weight excluding hydrogens is 306 g/mol. The number of nitrogens with zero attached hydrogens (tertiary/aromatic N) is 4. The van der Waals surface area contributed by atoms with Crippen molar-refractivity contribution < 1.29 is 4.79 Å². The summed E-state index contributed by atoms with van der Waals surface area (Å²) in [4.78, 5) is 12.0. The zero-order valence-electron chi connectivity index (χ0n) is 11.4. The molecular formula is C13H15N5OS2. The van der Waals surface area contributed by atoms with Gasteiger partial charge in [0.25, 0.3) is 5.91 Å². The van der Waals surface area contributed by atoms with E-state index in [0.29, 0.717) is 23.4 Å². The smallest absolute Gasteiger partial charge is 0.282 e. The van der Waals surface area contributed by atoms with Crippen molar-refractivity contribution in [2.75, 3.05) is 0 Å². The summed E-state index contributed by atoms with van der Waals surface area (Å²) < 4.78 is 0. The Bertz CT molecular complexity index is 659. The summed E-state index contributed by atoms with van der Waals surface area (Å²) in [5.41, 5.74) is 0. The van der Waals surface area contributed by atoms with Crippen LogP contribution < -0.4 is 5.32 Å². The Balaban J connectivity index is 1.34. The summed E-state index contributed by atoms with van der Waals surface area (Å²) in [5, 5.41) is 22.7. The lowest BCUT2D eigenvalue weighted by Gasteiger charge is -2.21. The Morgan fingerprint density at radius 1 is 1.00 bits per heavy atom. The monoisotopic (exact) mass is 321 g/mol. The molecule has 2 fully saturated rings. The van der Waals surface area contributed by atoms with Gasteiger partial charge in [-0.3, -0.25) is 4.79 Å². The second kappa shape index (κ2) is 5.42. The molecule has 1 amide bonds. The van der Waals surface area contributed by atoms with Gasteiger partial charge >= 0.3 is 0 Å². The van der Waals surface area contributed by atoms with Gasteiger partial charge in [0.15, 0.2) is 0 Å². The van der Waals surface area contributed by atoms with Crippen molar-refractivity contribution in [1.29, 1.82) is 0 Å². The molecule has 6 nitrogen and oxygen atoms in total. The van der Waals surface area contributed by atoms with Crippen LogP contribution in [0.2, 0.25) is 0 Å². The number of nitrogens with one attached hydrogen (secondary N) is 1. The number of hydrogen-bond acceptors (Lipinski definition) is 7. The first kappa shape index (κ1) is 13.3. The number of hydrogen-bond donors (Lipinski definition) is 1. The Morgan fingerprint density at radius 3 is 2.43 bits per heavy atom. The molecule has 2 aromatic heterocycles. The standard InChI is InChI=1S/C13H15N5OS2/c19-10(13-18-17-12(21-13)8-4-5-8)14-6-9-15-16-11(20-9)7-2-1-3-7/h7-8H,1-6H2,(H,14,19). The molecule has 1 N–H and O–H groups in total. The lowest BCUT2D eigenvalue weighted by Crippen LogP contribution is -2.22. The largest absolute Gasteiger partial charge is 0.343 e. The van der Waals surface area contributed by atoms with Gasteiger partial charge in [0.1, 0.15) is 15.0 Å². The van der Waals surface area contributed by atoms with Gasteiger partial charge < -0.3 is 5.32 Å². The lowest BCUT2D eigenvalue weighted by molar-refractivity contribution is 0.0949. The van der Waals surface area contributed by atoms with E-state index in [0.717, 1.165) is 15.0 Å². The maximum atomic E-state index is 12.0. The van der Waals surface area contributed by atoms with E-state index >= 15 is 0 Å². The normalized spacial score (nSPS) is 18.5. The predicted octanol–water partition coefficient (Wildman–Crippen LogP) is 2.46. The van der Waals surface area contributed by atoms with Crippen LogP contribution in [-0.2, 0) is 6.54 Å².